The predicted molar refractivity (Wildman–Crippen MR) is 71.3 cm³/mol. The van der Waals surface area contributed by atoms with Gasteiger partial charge in [0.1, 0.15) is 12.4 Å². The maximum absolute atomic E-state index is 12.5. The quantitative estimate of drug-likeness (QED) is 0.720. The van der Waals surface area contributed by atoms with Gasteiger partial charge >= 0.3 is 0 Å². The largest absolute Gasteiger partial charge is 0.491 e. The second-order valence-electron chi connectivity index (χ2n) is 4.87. The predicted octanol–water partition coefficient (Wildman–Crippen LogP) is 2.62. The Morgan fingerprint density at radius 2 is 1.74 bits per heavy atom. The Balaban J connectivity index is 1.97. The first-order chi connectivity index (χ1) is 9.36. The van der Waals surface area contributed by atoms with Gasteiger partial charge in [0.05, 0.1) is 12.6 Å². The molecule has 1 unspecified atom stereocenters. The van der Waals surface area contributed by atoms with Crippen LogP contribution in [0.25, 0.3) is 0 Å². The summed E-state index contributed by atoms with van der Waals surface area (Å²) in [7, 11) is 0. The molecule has 1 amide bonds. The molecule has 0 saturated heterocycles. The molecule has 4 rings (SSSR count). The number of ether oxygens (including phenoxy) is 1. The van der Waals surface area contributed by atoms with Crippen LogP contribution in [0.4, 0.5) is 0 Å². The zero-order chi connectivity index (χ0) is 12.8. The summed E-state index contributed by atoms with van der Waals surface area (Å²) in [6.07, 6.45) is 0. The second-order valence-corrected chi connectivity index (χ2v) is 4.87. The summed E-state index contributed by atoms with van der Waals surface area (Å²) in [5.74, 6) is 1.00. The molecule has 0 bridgehead atoms. The van der Waals surface area contributed by atoms with Gasteiger partial charge in [0.2, 0.25) is 0 Å². The maximum atomic E-state index is 12.5. The molecule has 0 saturated carbocycles. The van der Waals surface area contributed by atoms with Crippen LogP contribution in [0, 0.1) is 0 Å². The number of fused-ring (bicyclic) bond motifs is 5. The van der Waals surface area contributed by atoms with Gasteiger partial charge in [-0.2, -0.15) is 0 Å². The monoisotopic (exact) mass is 251 g/mol. The molecule has 0 aromatic heterocycles. The first-order valence-electron chi connectivity index (χ1n) is 6.48. The van der Waals surface area contributed by atoms with Crippen molar-refractivity contribution in [1.29, 1.82) is 0 Å². The molecule has 19 heavy (non-hydrogen) atoms. The van der Waals surface area contributed by atoms with Crippen LogP contribution in [0.5, 0.6) is 5.75 Å². The summed E-state index contributed by atoms with van der Waals surface area (Å²) in [4.78, 5) is 14.4. The van der Waals surface area contributed by atoms with Crippen LogP contribution in [-0.4, -0.2) is 24.0 Å². The summed E-state index contributed by atoms with van der Waals surface area (Å²) in [5, 5.41) is 0. The van der Waals surface area contributed by atoms with E-state index in [4.69, 9.17) is 4.74 Å². The molecule has 0 N–H and O–H groups in total. The molecule has 0 aliphatic carbocycles. The highest BCUT2D eigenvalue weighted by molar-refractivity contribution is 6.00. The van der Waals surface area contributed by atoms with E-state index in [0.29, 0.717) is 13.2 Å². The molecular formula is C16H13NO2. The summed E-state index contributed by atoms with van der Waals surface area (Å²) in [6.45, 7) is 1.18. The highest BCUT2D eigenvalue weighted by atomic mass is 16.5. The number of hydrogen-bond donors (Lipinski definition) is 0. The first kappa shape index (κ1) is 10.6. The van der Waals surface area contributed by atoms with Crippen molar-refractivity contribution in [3.63, 3.8) is 0 Å². The van der Waals surface area contributed by atoms with E-state index in [1.54, 1.807) is 0 Å². The normalized spacial score (nSPS) is 20.1. The number of nitrogens with zero attached hydrogens (tertiary/aromatic N) is 1. The lowest BCUT2D eigenvalue weighted by molar-refractivity contribution is 0.0740. The molecule has 0 spiro atoms. The average Bonchev–Trinajstić information content (AvgIpc) is 2.62. The van der Waals surface area contributed by atoms with Crippen molar-refractivity contribution in [2.45, 2.75) is 6.04 Å². The second kappa shape index (κ2) is 3.85. The van der Waals surface area contributed by atoms with Crippen molar-refractivity contribution in [1.82, 2.24) is 4.90 Å². The number of benzene rings is 2. The van der Waals surface area contributed by atoms with Crippen LogP contribution in [0.1, 0.15) is 27.5 Å². The van der Waals surface area contributed by atoms with Gasteiger partial charge in [0.25, 0.3) is 5.91 Å². The van der Waals surface area contributed by atoms with Crippen LogP contribution >= 0.6 is 0 Å². The maximum Gasteiger partial charge on any atom is 0.255 e. The number of carbonyl (C=O) groups is 1. The van der Waals surface area contributed by atoms with Crippen molar-refractivity contribution in [3.05, 3.63) is 65.2 Å². The fourth-order valence-electron chi connectivity index (χ4n) is 3.03. The van der Waals surface area contributed by atoms with Gasteiger partial charge in [-0.3, -0.25) is 4.79 Å². The molecule has 2 aromatic rings. The minimum Gasteiger partial charge on any atom is -0.491 e. The number of amides is 1. The lowest BCUT2D eigenvalue weighted by atomic mass is 9.97. The molecule has 0 fully saturated rings. The van der Waals surface area contributed by atoms with Crippen LogP contribution in [0.15, 0.2) is 48.5 Å². The van der Waals surface area contributed by atoms with Crippen LogP contribution in [0.3, 0.4) is 0 Å². The molecule has 2 heterocycles. The van der Waals surface area contributed by atoms with E-state index in [0.717, 1.165) is 22.4 Å². The number of rotatable bonds is 0. The Bertz CT molecular complexity index is 665. The average molecular weight is 251 g/mol. The Morgan fingerprint density at radius 1 is 1.00 bits per heavy atom. The van der Waals surface area contributed by atoms with Crippen molar-refractivity contribution in [3.8, 4) is 5.75 Å². The summed E-state index contributed by atoms with van der Waals surface area (Å²) < 4.78 is 5.75. The van der Waals surface area contributed by atoms with Crippen LogP contribution < -0.4 is 4.74 Å². The summed E-state index contributed by atoms with van der Waals surface area (Å²) in [5.41, 5.74) is 2.99. The lowest BCUT2D eigenvalue weighted by Crippen LogP contribution is -2.30. The van der Waals surface area contributed by atoms with Crippen LogP contribution in [0.2, 0.25) is 0 Å². The van der Waals surface area contributed by atoms with E-state index in [9.17, 15) is 4.79 Å². The van der Waals surface area contributed by atoms with Crippen LogP contribution in [-0.2, 0) is 0 Å². The Hall–Kier alpha value is -2.29. The molecular weight excluding hydrogens is 238 g/mol. The minimum atomic E-state index is 0.00222. The molecule has 2 aliphatic rings. The van der Waals surface area contributed by atoms with E-state index in [-0.39, 0.29) is 11.9 Å². The molecule has 2 aromatic carbocycles. The zero-order valence-corrected chi connectivity index (χ0v) is 10.4. The Labute approximate surface area is 111 Å². The number of carbonyl (C=O) groups excluding carboxylic acids is 1. The fraction of sp³-hybridized carbons (Fsp3) is 0.188. The van der Waals surface area contributed by atoms with Gasteiger partial charge in [0.15, 0.2) is 0 Å². The topological polar surface area (TPSA) is 29.5 Å². The molecule has 3 nitrogen and oxygen atoms in total. The zero-order valence-electron chi connectivity index (χ0n) is 10.4. The van der Waals surface area contributed by atoms with Gasteiger partial charge in [-0.05, 0) is 17.7 Å². The standard InChI is InChI=1S/C16H13NO2/c18-16-12-6-2-1-5-11(12)15-13-7-3-4-8-14(13)19-10-9-17(15)16/h1-8,15H,9-10H2. The lowest BCUT2D eigenvalue weighted by Gasteiger charge is -2.22. The first-order valence-corrected chi connectivity index (χ1v) is 6.48. The third-order valence-electron chi connectivity index (χ3n) is 3.86. The van der Waals surface area contributed by atoms with E-state index in [2.05, 4.69) is 0 Å². The Kier molecular flexibility index (Phi) is 2.15. The third-order valence-corrected chi connectivity index (χ3v) is 3.86. The SMILES string of the molecule is O=C1c2ccccc2C2c3ccccc3OCCN12. The van der Waals surface area contributed by atoms with Gasteiger partial charge in [0, 0.05) is 11.1 Å². The number of para-hydroxylation sites is 1. The molecule has 3 heteroatoms. The van der Waals surface area contributed by atoms with Gasteiger partial charge in [-0.15, -0.1) is 0 Å². The summed E-state index contributed by atoms with van der Waals surface area (Å²) >= 11 is 0. The van der Waals surface area contributed by atoms with E-state index < -0.39 is 0 Å². The molecule has 1 atom stereocenters. The smallest absolute Gasteiger partial charge is 0.255 e. The van der Waals surface area contributed by atoms with Gasteiger partial charge in [-0.25, -0.2) is 0 Å². The molecule has 2 aliphatic heterocycles. The summed E-state index contributed by atoms with van der Waals surface area (Å²) in [6, 6.07) is 15.9. The van der Waals surface area contributed by atoms with Gasteiger partial charge < -0.3 is 9.64 Å². The van der Waals surface area contributed by atoms with E-state index in [1.807, 2.05) is 53.4 Å². The number of hydrogen-bond acceptors (Lipinski definition) is 2. The van der Waals surface area contributed by atoms with Crippen molar-refractivity contribution in [2.75, 3.05) is 13.2 Å². The van der Waals surface area contributed by atoms with E-state index in [1.165, 1.54) is 0 Å². The van der Waals surface area contributed by atoms with Crippen molar-refractivity contribution in [2.24, 2.45) is 0 Å². The van der Waals surface area contributed by atoms with Crippen molar-refractivity contribution < 1.29 is 9.53 Å². The van der Waals surface area contributed by atoms with E-state index >= 15 is 0 Å². The molecule has 0 radical (unpaired) electrons. The van der Waals surface area contributed by atoms with Gasteiger partial charge in [-0.1, -0.05) is 36.4 Å². The molecule has 94 valence electrons. The third kappa shape index (κ3) is 1.41. The highest BCUT2D eigenvalue weighted by Gasteiger charge is 2.39. The Morgan fingerprint density at radius 3 is 2.63 bits per heavy atom. The fourth-order valence-corrected chi connectivity index (χ4v) is 3.03. The van der Waals surface area contributed by atoms with Crippen molar-refractivity contribution >= 4 is 5.91 Å². The highest BCUT2D eigenvalue weighted by Crippen LogP contribution is 2.42. The minimum absolute atomic E-state index is 0.00222.